The fraction of sp³-hybridized carbons (Fsp3) is 0.529. The lowest BCUT2D eigenvalue weighted by atomic mass is 10.2. The normalized spacial score (nSPS) is 15.0. The van der Waals surface area contributed by atoms with Crippen molar-refractivity contribution >= 4 is 17.5 Å². The van der Waals surface area contributed by atoms with Crippen LogP contribution in [0.15, 0.2) is 18.2 Å². The molecule has 1 heterocycles. The van der Waals surface area contributed by atoms with Gasteiger partial charge in [0.2, 0.25) is 11.8 Å². The Labute approximate surface area is 142 Å². The fourth-order valence-corrected chi connectivity index (χ4v) is 2.68. The first-order valence-corrected chi connectivity index (χ1v) is 8.03. The van der Waals surface area contributed by atoms with Crippen molar-refractivity contribution in [2.45, 2.75) is 13.3 Å². The van der Waals surface area contributed by atoms with E-state index >= 15 is 0 Å². The molecule has 24 heavy (non-hydrogen) atoms. The molecule has 1 saturated heterocycles. The number of carbonyl (C=O) groups is 2. The molecule has 0 spiro atoms. The Morgan fingerprint density at radius 2 is 1.75 bits per heavy atom. The van der Waals surface area contributed by atoms with Crippen LogP contribution in [0.25, 0.3) is 0 Å². The number of nitrogens with zero attached hydrogens (tertiary/aromatic N) is 2. The Morgan fingerprint density at radius 3 is 2.33 bits per heavy atom. The number of ether oxygens (including phenoxy) is 2. The van der Waals surface area contributed by atoms with E-state index in [2.05, 4.69) is 10.2 Å². The lowest BCUT2D eigenvalue weighted by Gasteiger charge is -2.34. The van der Waals surface area contributed by atoms with E-state index in [0.717, 1.165) is 26.2 Å². The Kier molecular flexibility index (Phi) is 6.43. The summed E-state index contributed by atoms with van der Waals surface area (Å²) in [7, 11) is 3.13. The van der Waals surface area contributed by atoms with E-state index in [0.29, 0.717) is 30.2 Å². The van der Waals surface area contributed by atoms with Crippen LogP contribution in [-0.2, 0) is 9.59 Å². The minimum Gasteiger partial charge on any atom is -0.493 e. The van der Waals surface area contributed by atoms with E-state index in [9.17, 15) is 9.59 Å². The van der Waals surface area contributed by atoms with E-state index in [1.165, 1.54) is 0 Å². The van der Waals surface area contributed by atoms with Gasteiger partial charge < -0.3 is 19.7 Å². The third kappa shape index (κ3) is 4.86. The summed E-state index contributed by atoms with van der Waals surface area (Å²) >= 11 is 0. The number of benzene rings is 1. The summed E-state index contributed by atoms with van der Waals surface area (Å²) in [5, 5.41) is 2.87. The van der Waals surface area contributed by atoms with Crippen molar-refractivity contribution in [3.8, 4) is 11.5 Å². The molecule has 132 valence electrons. The molecular weight excluding hydrogens is 310 g/mol. The minimum absolute atomic E-state index is 0.0452. The third-order valence-electron chi connectivity index (χ3n) is 4.14. The molecule has 2 amide bonds. The predicted octanol–water partition coefficient (Wildman–Crippen LogP) is 1.20. The lowest BCUT2D eigenvalue weighted by molar-refractivity contribution is -0.130. The summed E-state index contributed by atoms with van der Waals surface area (Å²) in [4.78, 5) is 27.4. The van der Waals surface area contributed by atoms with Crippen molar-refractivity contribution in [3.05, 3.63) is 18.2 Å². The SMILES string of the molecule is COc1ccc(NC(=O)CCN2CCN(C(C)=O)CC2)cc1OC. The van der Waals surface area contributed by atoms with Crippen LogP contribution in [-0.4, -0.2) is 68.6 Å². The first-order valence-electron chi connectivity index (χ1n) is 8.03. The van der Waals surface area contributed by atoms with Gasteiger partial charge in [0.05, 0.1) is 14.2 Å². The van der Waals surface area contributed by atoms with Gasteiger partial charge in [-0.1, -0.05) is 0 Å². The van der Waals surface area contributed by atoms with Gasteiger partial charge in [-0.3, -0.25) is 14.5 Å². The summed E-state index contributed by atoms with van der Waals surface area (Å²) in [5.41, 5.74) is 0.680. The summed E-state index contributed by atoms with van der Waals surface area (Å²) in [6, 6.07) is 5.28. The van der Waals surface area contributed by atoms with Crippen molar-refractivity contribution in [2.75, 3.05) is 52.3 Å². The number of carbonyl (C=O) groups excluding carboxylic acids is 2. The molecule has 2 rings (SSSR count). The van der Waals surface area contributed by atoms with Gasteiger partial charge in [-0.25, -0.2) is 0 Å². The zero-order chi connectivity index (χ0) is 17.5. The largest absolute Gasteiger partial charge is 0.493 e. The van der Waals surface area contributed by atoms with Gasteiger partial charge in [-0.15, -0.1) is 0 Å². The average molecular weight is 335 g/mol. The van der Waals surface area contributed by atoms with Crippen molar-refractivity contribution < 1.29 is 19.1 Å². The molecule has 0 bridgehead atoms. The highest BCUT2D eigenvalue weighted by atomic mass is 16.5. The maximum absolute atomic E-state index is 12.1. The summed E-state index contributed by atoms with van der Waals surface area (Å²) in [6.07, 6.45) is 0.411. The molecule has 0 aliphatic carbocycles. The molecule has 0 atom stereocenters. The molecule has 1 aromatic rings. The smallest absolute Gasteiger partial charge is 0.225 e. The van der Waals surface area contributed by atoms with Crippen LogP contribution in [0.5, 0.6) is 11.5 Å². The van der Waals surface area contributed by atoms with Gasteiger partial charge in [0.25, 0.3) is 0 Å². The van der Waals surface area contributed by atoms with Gasteiger partial charge in [-0.2, -0.15) is 0 Å². The molecule has 1 aliphatic heterocycles. The van der Waals surface area contributed by atoms with Crippen molar-refractivity contribution in [1.29, 1.82) is 0 Å². The molecule has 1 aromatic carbocycles. The second-order valence-electron chi connectivity index (χ2n) is 5.72. The van der Waals surface area contributed by atoms with E-state index in [-0.39, 0.29) is 11.8 Å². The van der Waals surface area contributed by atoms with Crippen LogP contribution in [0.4, 0.5) is 5.69 Å². The quantitative estimate of drug-likeness (QED) is 0.846. The Balaban J connectivity index is 1.79. The van der Waals surface area contributed by atoms with Gasteiger partial charge in [-0.05, 0) is 12.1 Å². The highest BCUT2D eigenvalue weighted by Gasteiger charge is 2.19. The van der Waals surface area contributed by atoms with Gasteiger partial charge in [0.15, 0.2) is 11.5 Å². The molecule has 1 fully saturated rings. The maximum atomic E-state index is 12.1. The number of hydrogen-bond acceptors (Lipinski definition) is 5. The van der Waals surface area contributed by atoms with Crippen LogP contribution in [0, 0.1) is 0 Å². The first-order chi connectivity index (χ1) is 11.5. The average Bonchev–Trinajstić information content (AvgIpc) is 2.60. The van der Waals surface area contributed by atoms with E-state index in [4.69, 9.17) is 9.47 Å². The lowest BCUT2D eigenvalue weighted by Crippen LogP contribution is -2.48. The molecule has 0 radical (unpaired) electrons. The van der Waals surface area contributed by atoms with Crippen LogP contribution in [0.1, 0.15) is 13.3 Å². The van der Waals surface area contributed by atoms with Crippen molar-refractivity contribution in [1.82, 2.24) is 9.80 Å². The predicted molar refractivity (Wildman–Crippen MR) is 91.5 cm³/mol. The standard InChI is InChI=1S/C17H25N3O4/c1-13(21)20-10-8-19(9-11-20)7-6-17(22)18-14-4-5-15(23-2)16(12-14)24-3/h4-5,12H,6-11H2,1-3H3,(H,18,22). The number of anilines is 1. The Hall–Kier alpha value is -2.28. The molecule has 7 nitrogen and oxygen atoms in total. The number of piperazine rings is 1. The Morgan fingerprint density at radius 1 is 1.08 bits per heavy atom. The first kappa shape index (κ1) is 18.1. The molecule has 0 aromatic heterocycles. The number of methoxy groups -OCH3 is 2. The van der Waals surface area contributed by atoms with E-state index in [1.807, 2.05) is 4.90 Å². The molecule has 1 aliphatic rings. The molecule has 0 unspecified atom stereocenters. The maximum Gasteiger partial charge on any atom is 0.225 e. The highest BCUT2D eigenvalue weighted by molar-refractivity contribution is 5.91. The third-order valence-corrected chi connectivity index (χ3v) is 4.14. The number of rotatable bonds is 6. The Bertz CT molecular complexity index is 583. The van der Waals surface area contributed by atoms with E-state index in [1.54, 1.807) is 39.3 Å². The second kappa shape index (κ2) is 8.54. The number of hydrogen-bond donors (Lipinski definition) is 1. The van der Waals surface area contributed by atoms with Gasteiger partial charge in [0.1, 0.15) is 0 Å². The molecular formula is C17H25N3O4. The zero-order valence-corrected chi connectivity index (χ0v) is 14.5. The van der Waals surface area contributed by atoms with Crippen LogP contribution in [0.2, 0.25) is 0 Å². The summed E-state index contributed by atoms with van der Waals surface area (Å²) < 4.78 is 10.4. The van der Waals surface area contributed by atoms with Crippen molar-refractivity contribution in [2.24, 2.45) is 0 Å². The second-order valence-corrected chi connectivity index (χ2v) is 5.72. The van der Waals surface area contributed by atoms with Crippen molar-refractivity contribution in [3.63, 3.8) is 0 Å². The van der Waals surface area contributed by atoms with Gasteiger partial charge >= 0.3 is 0 Å². The topological polar surface area (TPSA) is 71.1 Å². The van der Waals surface area contributed by atoms with Crippen LogP contribution in [0.3, 0.4) is 0 Å². The highest BCUT2D eigenvalue weighted by Crippen LogP contribution is 2.29. The summed E-state index contributed by atoms with van der Waals surface area (Å²) in [6.45, 7) is 5.35. The fourth-order valence-electron chi connectivity index (χ4n) is 2.68. The number of amides is 2. The van der Waals surface area contributed by atoms with Gasteiger partial charge in [0, 0.05) is 57.8 Å². The van der Waals surface area contributed by atoms with Crippen LogP contribution < -0.4 is 14.8 Å². The molecule has 0 saturated carbocycles. The minimum atomic E-state index is -0.0452. The zero-order valence-electron chi connectivity index (χ0n) is 14.5. The van der Waals surface area contributed by atoms with E-state index < -0.39 is 0 Å². The molecule has 1 N–H and O–H groups in total. The monoisotopic (exact) mass is 335 g/mol. The van der Waals surface area contributed by atoms with Crippen LogP contribution >= 0.6 is 0 Å². The summed E-state index contributed by atoms with van der Waals surface area (Å²) in [5.74, 6) is 1.27. The number of nitrogens with one attached hydrogen (secondary N) is 1. The molecule has 7 heteroatoms.